The fraction of sp³-hybridized carbons (Fsp3) is 0.179. The Hall–Kier alpha value is -3.90. The Morgan fingerprint density at radius 1 is 1.03 bits per heavy atom. The minimum Gasteiger partial charge on any atom is -0.478 e. The lowest BCUT2D eigenvalue weighted by atomic mass is 9.86. The molecule has 0 fully saturated rings. The van der Waals surface area contributed by atoms with E-state index in [1.165, 1.54) is 13.8 Å². The maximum absolute atomic E-state index is 13.1. The van der Waals surface area contributed by atoms with Gasteiger partial charge in [0.05, 0.1) is 10.6 Å². The van der Waals surface area contributed by atoms with E-state index in [2.05, 4.69) is 5.32 Å². The highest BCUT2D eigenvalue weighted by Crippen LogP contribution is 2.31. The highest BCUT2D eigenvalue weighted by atomic mass is 35.5. The molecule has 0 radical (unpaired) electrons. The van der Waals surface area contributed by atoms with Crippen LogP contribution < -0.4 is 10.1 Å². The predicted molar refractivity (Wildman–Crippen MR) is 135 cm³/mol. The molecule has 178 valence electrons. The van der Waals surface area contributed by atoms with Crippen LogP contribution in [0.3, 0.4) is 0 Å². The number of hydrogen-bond donors (Lipinski definition) is 2. The summed E-state index contributed by atoms with van der Waals surface area (Å²) in [4.78, 5) is 37.0. The molecule has 2 N–H and O–H groups in total. The maximum Gasteiger partial charge on any atom is 0.347 e. The second kappa shape index (κ2) is 9.76. The minimum atomic E-state index is -1.37. The van der Waals surface area contributed by atoms with Gasteiger partial charge in [0.15, 0.2) is 11.4 Å². The van der Waals surface area contributed by atoms with Crippen LogP contribution >= 0.6 is 11.6 Å². The molecule has 3 aromatic rings. The van der Waals surface area contributed by atoms with E-state index in [9.17, 15) is 19.5 Å². The molecule has 1 aliphatic carbocycles. The number of carboxylic acids is 1. The summed E-state index contributed by atoms with van der Waals surface area (Å²) >= 11 is 6.12. The van der Waals surface area contributed by atoms with Crippen LogP contribution in [-0.4, -0.2) is 28.4 Å². The molecular formula is C28H24ClNO5. The summed E-state index contributed by atoms with van der Waals surface area (Å²) in [7, 11) is 0. The third-order valence-electron chi connectivity index (χ3n) is 5.77. The molecule has 0 unspecified atom stereocenters. The number of aryl methyl sites for hydroxylation is 1. The monoisotopic (exact) mass is 489 g/mol. The van der Waals surface area contributed by atoms with Crippen molar-refractivity contribution >= 4 is 41.0 Å². The van der Waals surface area contributed by atoms with Crippen LogP contribution in [0, 0.1) is 0 Å². The second-order valence-electron chi connectivity index (χ2n) is 8.79. The van der Waals surface area contributed by atoms with E-state index in [1.807, 2.05) is 18.2 Å². The zero-order chi connectivity index (χ0) is 25.2. The largest absolute Gasteiger partial charge is 0.478 e. The third kappa shape index (κ3) is 5.44. The molecular weight excluding hydrogens is 466 g/mol. The summed E-state index contributed by atoms with van der Waals surface area (Å²) in [6.07, 6.45) is 2.99. The zero-order valence-electron chi connectivity index (χ0n) is 19.3. The number of hydrogen-bond acceptors (Lipinski definition) is 4. The molecule has 0 saturated carbocycles. The predicted octanol–water partition coefficient (Wildman–Crippen LogP) is 6.05. The number of anilines is 1. The van der Waals surface area contributed by atoms with Crippen molar-refractivity contribution in [3.05, 3.63) is 99.6 Å². The Morgan fingerprint density at radius 3 is 2.54 bits per heavy atom. The Morgan fingerprint density at radius 2 is 1.80 bits per heavy atom. The van der Waals surface area contributed by atoms with Gasteiger partial charge in [-0.2, -0.15) is 0 Å². The number of aliphatic carboxylic acids is 1. The Kier molecular flexibility index (Phi) is 6.76. The van der Waals surface area contributed by atoms with Crippen molar-refractivity contribution in [3.63, 3.8) is 0 Å². The number of carbonyl (C=O) groups excluding carboxylic acids is 2. The van der Waals surface area contributed by atoms with Crippen molar-refractivity contribution in [2.24, 2.45) is 0 Å². The van der Waals surface area contributed by atoms with Crippen LogP contribution in [0.5, 0.6) is 5.75 Å². The first-order valence-corrected chi connectivity index (χ1v) is 11.5. The highest BCUT2D eigenvalue weighted by Gasteiger charge is 2.30. The van der Waals surface area contributed by atoms with Gasteiger partial charge in [0.2, 0.25) is 0 Å². The first-order valence-electron chi connectivity index (χ1n) is 11.1. The van der Waals surface area contributed by atoms with Crippen molar-refractivity contribution in [2.45, 2.75) is 32.3 Å². The van der Waals surface area contributed by atoms with Crippen molar-refractivity contribution in [2.75, 3.05) is 5.32 Å². The Bertz CT molecular complexity index is 1360. The van der Waals surface area contributed by atoms with Gasteiger partial charge in [-0.15, -0.1) is 0 Å². The Labute approximate surface area is 208 Å². The average molecular weight is 490 g/mol. The summed E-state index contributed by atoms with van der Waals surface area (Å²) in [5.74, 6) is -1.05. The molecule has 0 bridgehead atoms. The summed E-state index contributed by atoms with van der Waals surface area (Å²) in [5, 5.41) is 12.5. The first kappa shape index (κ1) is 24.2. The van der Waals surface area contributed by atoms with Gasteiger partial charge in [-0.25, -0.2) is 4.79 Å². The van der Waals surface area contributed by atoms with Crippen LogP contribution in [0.2, 0.25) is 5.02 Å². The molecule has 0 aliphatic heterocycles. The van der Waals surface area contributed by atoms with E-state index in [0.717, 1.165) is 11.1 Å². The number of halogens is 1. The molecule has 0 aromatic heterocycles. The van der Waals surface area contributed by atoms with Gasteiger partial charge < -0.3 is 15.2 Å². The molecule has 7 heteroatoms. The van der Waals surface area contributed by atoms with Crippen molar-refractivity contribution in [3.8, 4) is 5.75 Å². The van der Waals surface area contributed by atoms with Gasteiger partial charge >= 0.3 is 5.97 Å². The molecule has 0 saturated heterocycles. The fourth-order valence-corrected chi connectivity index (χ4v) is 4.07. The molecule has 4 rings (SSSR count). The quantitative estimate of drug-likeness (QED) is 0.411. The van der Waals surface area contributed by atoms with Crippen LogP contribution in [0.25, 0.3) is 6.08 Å². The van der Waals surface area contributed by atoms with Crippen molar-refractivity contribution in [1.29, 1.82) is 0 Å². The molecule has 6 nitrogen and oxygen atoms in total. The number of amides is 1. The number of rotatable bonds is 6. The first-order chi connectivity index (χ1) is 16.6. The fourth-order valence-electron chi connectivity index (χ4n) is 3.84. The normalized spacial score (nSPS) is 14.4. The standard InChI is InChI=1S/C28H24ClNO5/c1-28(2,27(33)34)35-21-12-13-22-18(16-21)10-11-19(25(22)31)14-17-6-5-7-20(15-17)30-26(32)23-8-3-4-9-24(23)29/h3-9,12-16H,10-11H2,1-2H3,(H,30,32)(H,33,34)/b19-14+. The van der Waals surface area contributed by atoms with Gasteiger partial charge in [-0.3, -0.25) is 9.59 Å². The third-order valence-corrected chi connectivity index (χ3v) is 6.10. The topological polar surface area (TPSA) is 92.7 Å². The summed E-state index contributed by atoms with van der Waals surface area (Å²) < 4.78 is 5.60. The second-order valence-corrected chi connectivity index (χ2v) is 9.20. The van der Waals surface area contributed by atoms with E-state index in [0.29, 0.717) is 46.0 Å². The molecule has 3 aromatic carbocycles. The number of allylic oxidation sites excluding steroid dienone is 1. The van der Waals surface area contributed by atoms with Crippen LogP contribution in [0.15, 0.2) is 72.3 Å². The molecule has 0 heterocycles. The van der Waals surface area contributed by atoms with Crippen molar-refractivity contribution < 1.29 is 24.2 Å². The smallest absolute Gasteiger partial charge is 0.347 e. The van der Waals surface area contributed by atoms with E-state index < -0.39 is 11.6 Å². The van der Waals surface area contributed by atoms with Gasteiger partial charge in [0, 0.05) is 16.8 Å². The van der Waals surface area contributed by atoms with Gasteiger partial charge in [0.25, 0.3) is 5.91 Å². The van der Waals surface area contributed by atoms with Gasteiger partial charge in [0.1, 0.15) is 5.75 Å². The number of ketones is 1. The van der Waals surface area contributed by atoms with Crippen LogP contribution in [-0.2, 0) is 11.2 Å². The van der Waals surface area contributed by atoms with E-state index in [4.69, 9.17) is 16.3 Å². The van der Waals surface area contributed by atoms with Gasteiger partial charge in [-0.1, -0.05) is 35.9 Å². The average Bonchev–Trinajstić information content (AvgIpc) is 2.81. The van der Waals surface area contributed by atoms with E-state index in [1.54, 1.807) is 54.6 Å². The number of fused-ring (bicyclic) bond motifs is 1. The lowest BCUT2D eigenvalue weighted by Gasteiger charge is -2.23. The van der Waals surface area contributed by atoms with E-state index in [-0.39, 0.29) is 11.7 Å². The lowest BCUT2D eigenvalue weighted by molar-refractivity contribution is -0.152. The van der Waals surface area contributed by atoms with Crippen molar-refractivity contribution in [1.82, 2.24) is 0 Å². The highest BCUT2D eigenvalue weighted by molar-refractivity contribution is 6.34. The number of benzene rings is 3. The number of carbonyl (C=O) groups is 3. The van der Waals surface area contributed by atoms with E-state index >= 15 is 0 Å². The number of nitrogens with one attached hydrogen (secondary N) is 1. The lowest BCUT2D eigenvalue weighted by Crippen LogP contribution is -2.37. The molecule has 0 spiro atoms. The molecule has 1 aliphatic rings. The molecule has 1 amide bonds. The Balaban J connectivity index is 1.52. The SMILES string of the molecule is CC(C)(Oc1ccc2c(c1)CC/C(=C\c1cccc(NC(=O)c3ccccc3Cl)c1)C2=O)C(=O)O. The maximum atomic E-state index is 13.1. The summed E-state index contributed by atoms with van der Waals surface area (Å²) in [5.41, 5.74) is 2.45. The van der Waals surface area contributed by atoms with Gasteiger partial charge in [-0.05, 0) is 86.4 Å². The summed E-state index contributed by atoms with van der Waals surface area (Å²) in [6, 6.07) is 19.1. The summed E-state index contributed by atoms with van der Waals surface area (Å²) in [6.45, 7) is 2.96. The number of carboxylic acid groups (broad SMARTS) is 1. The zero-order valence-corrected chi connectivity index (χ0v) is 20.1. The number of ether oxygens (including phenoxy) is 1. The minimum absolute atomic E-state index is 0.0826. The van der Waals surface area contributed by atoms with Crippen LogP contribution in [0.1, 0.15) is 52.1 Å². The van der Waals surface area contributed by atoms with Crippen LogP contribution in [0.4, 0.5) is 5.69 Å². The molecule has 35 heavy (non-hydrogen) atoms. The molecule has 0 atom stereocenters. The number of Topliss-reactive ketones (excluding diaryl/α,β-unsaturated/α-hetero) is 1.